The third-order valence-electron chi connectivity index (χ3n) is 2.38. The van der Waals surface area contributed by atoms with Gasteiger partial charge < -0.3 is 9.47 Å². The first kappa shape index (κ1) is 13.2. The third kappa shape index (κ3) is 4.19. The molecule has 1 aliphatic rings. The number of hydrogen-bond donors (Lipinski definition) is 0. The predicted molar refractivity (Wildman–Crippen MR) is 77.3 cm³/mol. The number of benzene rings is 2. The molecule has 2 aromatic carbocycles. The van der Waals surface area contributed by atoms with Gasteiger partial charge in [-0.3, -0.25) is 0 Å². The Balaban J connectivity index is 0.000000186. The molecule has 19 heavy (non-hydrogen) atoms. The minimum atomic E-state index is 0.800. The monoisotopic (exact) mass is 272 g/mol. The van der Waals surface area contributed by atoms with E-state index in [1.54, 1.807) is 0 Å². The van der Waals surface area contributed by atoms with Gasteiger partial charge in [-0.1, -0.05) is 60.1 Å². The maximum Gasteiger partial charge on any atom is 0.125 e. The molecule has 1 heterocycles. The zero-order chi connectivity index (χ0) is 13.3. The maximum absolute atomic E-state index is 6.06. The number of ether oxygens (including phenoxy) is 2. The van der Waals surface area contributed by atoms with Crippen molar-refractivity contribution in [2.75, 3.05) is 0 Å². The fraction of sp³-hybridized carbons (Fsp3) is 0. The van der Waals surface area contributed by atoms with Crippen molar-refractivity contribution in [3.05, 3.63) is 84.7 Å². The number of rotatable bonds is 1. The normalized spacial score (nSPS) is 11.8. The second kappa shape index (κ2) is 7.29. The van der Waals surface area contributed by atoms with Crippen molar-refractivity contribution < 1.29 is 9.47 Å². The Bertz CT molecular complexity index is 542. The standard InChI is InChI=1S/C12H9Cl.C4H4O2/c13-12-9-5-4-8-11(12)10-6-2-1-3-7-10;1-2-6-4-3-5-1/h1-9H;1-4H. The summed E-state index contributed by atoms with van der Waals surface area (Å²) in [6.07, 6.45) is 5.83. The van der Waals surface area contributed by atoms with Crippen molar-refractivity contribution in [2.24, 2.45) is 0 Å². The first-order valence-electron chi connectivity index (χ1n) is 5.79. The zero-order valence-electron chi connectivity index (χ0n) is 10.2. The van der Waals surface area contributed by atoms with Crippen LogP contribution in [0.5, 0.6) is 0 Å². The molecule has 3 rings (SSSR count). The predicted octanol–water partition coefficient (Wildman–Crippen LogP) is 4.98. The van der Waals surface area contributed by atoms with E-state index >= 15 is 0 Å². The highest BCUT2D eigenvalue weighted by atomic mass is 35.5. The lowest BCUT2D eigenvalue weighted by Gasteiger charge is -2.02. The molecular formula is C16H13ClO2. The van der Waals surface area contributed by atoms with Gasteiger partial charge in [0.05, 0.1) is 0 Å². The second-order valence-corrected chi connectivity index (χ2v) is 4.07. The average molecular weight is 273 g/mol. The molecule has 1 aliphatic heterocycles. The topological polar surface area (TPSA) is 18.5 Å². The molecule has 0 radical (unpaired) electrons. The summed E-state index contributed by atoms with van der Waals surface area (Å²) >= 11 is 6.06. The highest BCUT2D eigenvalue weighted by Gasteiger charge is 1.99. The molecule has 0 amide bonds. The molecule has 0 fully saturated rings. The van der Waals surface area contributed by atoms with E-state index in [-0.39, 0.29) is 0 Å². The minimum Gasteiger partial charge on any atom is -0.466 e. The SMILES string of the molecule is C1=COC=CO1.Clc1ccccc1-c1ccccc1. The highest BCUT2D eigenvalue weighted by molar-refractivity contribution is 6.33. The average Bonchev–Trinajstić information content (AvgIpc) is 2.51. The van der Waals surface area contributed by atoms with Gasteiger partial charge in [0.1, 0.15) is 25.0 Å². The molecule has 0 saturated heterocycles. The van der Waals surface area contributed by atoms with Crippen LogP contribution in [0.4, 0.5) is 0 Å². The van der Waals surface area contributed by atoms with E-state index in [0.29, 0.717) is 0 Å². The van der Waals surface area contributed by atoms with Gasteiger partial charge in [-0.05, 0) is 11.6 Å². The summed E-state index contributed by atoms with van der Waals surface area (Å²) < 4.78 is 9.17. The number of hydrogen-bond acceptors (Lipinski definition) is 2. The van der Waals surface area contributed by atoms with Crippen molar-refractivity contribution >= 4 is 11.6 Å². The first-order valence-corrected chi connectivity index (χ1v) is 6.16. The lowest BCUT2D eigenvalue weighted by atomic mass is 10.1. The summed E-state index contributed by atoms with van der Waals surface area (Å²) in [6.45, 7) is 0. The van der Waals surface area contributed by atoms with Gasteiger partial charge in [0, 0.05) is 10.6 Å². The Kier molecular flexibility index (Phi) is 5.08. The molecule has 0 spiro atoms. The molecule has 2 nitrogen and oxygen atoms in total. The zero-order valence-corrected chi connectivity index (χ0v) is 11.0. The quantitative estimate of drug-likeness (QED) is 0.729. The van der Waals surface area contributed by atoms with Crippen LogP contribution in [0.2, 0.25) is 5.02 Å². The van der Waals surface area contributed by atoms with E-state index < -0.39 is 0 Å². The number of halogens is 1. The van der Waals surface area contributed by atoms with E-state index in [4.69, 9.17) is 11.6 Å². The molecular weight excluding hydrogens is 260 g/mol. The molecule has 0 aromatic heterocycles. The third-order valence-corrected chi connectivity index (χ3v) is 2.71. The summed E-state index contributed by atoms with van der Waals surface area (Å²) in [4.78, 5) is 0. The fourth-order valence-corrected chi connectivity index (χ4v) is 1.78. The molecule has 0 bridgehead atoms. The Morgan fingerprint density at radius 1 is 0.632 bits per heavy atom. The van der Waals surface area contributed by atoms with Crippen LogP contribution in [0.25, 0.3) is 11.1 Å². The smallest absolute Gasteiger partial charge is 0.125 e. The summed E-state index contributed by atoms with van der Waals surface area (Å²) in [7, 11) is 0. The van der Waals surface area contributed by atoms with Crippen LogP contribution in [0.1, 0.15) is 0 Å². The Morgan fingerprint density at radius 3 is 1.68 bits per heavy atom. The Morgan fingerprint density at radius 2 is 1.16 bits per heavy atom. The Hall–Kier alpha value is -2.19. The summed E-state index contributed by atoms with van der Waals surface area (Å²) in [5, 5.41) is 0.800. The van der Waals surface area contributed by atoms with Crippen molar-refractivity contribution in [3.8, 4) is 11.1 Å². The molecule has 0 atom stereocenters. The van der Waals surface area contributed by atoms with Crippen molar-refractivity contribution in [2.45, 2.75) is 0 Å². The van der Waals surface area contributed by atoms with Crippen LogP contribution in [0.15, 0.2) is 79.6 Å². The summed E-state index contributed by atoms with van der Waals surface area (Å²) in [6, 6.07) is 18.0. The molecule has 3 heteroatoms. The van der Waals surface area contributed by atoms with Gasteiger partial charge >= 0.3 is 0 Å². The van der Waals surface area contributed by atoms with Gasteiger partial charge in [-0.2, -0.15) is 0 Å². The fourth-order valence-electron chi connectivity index (χ4n) is 1.53. The van der Waals surface area contributed by atoms with Crippen LogP contribution in [0, 0.1) is 0 Å². The van der Waals surface area contributed by atoms with E-state index in [1.807, 2.05) is 42.5 Å². The molecule has 0 N–H and O–H groups in total. The molecule has 96 valence electrons. The van der Waals surface area contributed by atoms with Crippen LogP contribution in [-0.2, 0) is 9.47 Å². The first-order chi connectivity index (χ1) is 9.38. The van der Waals surface area contributed by atoms with Crippen LogP contribution in [-0.4, -0.2) is 0 Å². The lowest BCUT2D eigenvalue weighted by molar-refractivity contribution is 0.290. The van der Waals surface area contributed by atoms with Crippen LogP contribution in [0.3, 0.4) is 0 Å². The van der Waals surface area contributed by atoms with E-state index in [9.17, 15) is 0 Å². The molecule has 2 aromatic rings. The highest BCUT2D eigenvalue weighted by Crippen LogP contribution is 2.26. The van der Waals surface area contributed by atoms with Gasteiger partial charge in [0.15, 0.2) is 0 Å². The summed E-state index contributed by atoms with van der Waals surface area (Å²) in [5.74, 6) is 0. The summed E-state index contributed by atoms with van der Waals surface area (Å²) in [5.41, 5.74) is 2.25. The lowest BCUT2D eigenvalue weighted by Crippen LogP contribution is -1.77. The van der Waals surface area contributed by atoms with Gasteiger partial charge in [-0.15, -0.1) is 0 Å². The van der Waals surface area contributed by atoms with E-state index in [1.165, 1.54) is 25.0 Å². The second-order valence-electron chi connectivity index (χ2n) is 3.66. The van der Waals surface area contributed by atoms with Gasteiger partial charge in [0.2, 0.25) is 0 Å². The molecule has 0 saturated carbocycles. The Labute approximate surface area is 117 Å². The van der Waals surface area contributed by atoms with Crippen LogP contribution < -0.4 is 0 Å². The molecule has 0 aliphatic carbocycles. The van der Waals surface area contributed by atoms with Crippen molar-refractivity contribution in [3.63, 3.8) is 0 Å². The minimum absolute atomic E-state index is 0.800. The molecule has 0 unspecified atom stereocenters. The van der Waals surface area contributed by atoms with E-state index in [2.05, 4.69) is 21.6 Å². The van der Waals surface area contributed by atoms with E-state index in [0.717, 1.165) is 16.1 Å². The van der Waals surface area contributed by atoms with Crippen molar-refractivity contribution in [1.29, 1.82) is 0 Å². The largest absolute Gasteiger partial charge is 0.466 e. The van der Waals surface area contributed by atoms with Gasteiger partial charge in [0.25, 0.3) is 0 Å². The van der Waals surface area contributed by atoms with Gasteiger partial charge in [-0.25, -0.2) is 0 Å². The van der Waals surface area contributed by atoms with Crippen molar-refractivity contribution in [1.82, 2.24) is 0 Å². The van der Waals surface area contributed by atoms with Crippen LogP contribution >= 0.6 is 11.6 Å². The maximum atomic E-state index is 6.06.